The average Bonchev–Trinajstić information content (AvgIpc) is 2.79. The summed E-state index contributed by atoms with van der Waals surface area (Å²) >= 11 is 0. The number of carbonyl (C=O) groups excluding carboxylic acids is 1. The van der Waals surface area contributed by atoms with Gasteiger partial charge in [0.2, 0.25) is 0 Å². The predicted molar refractivity (Wildman–Crippen MR) is 111 cm³/mol. The van der Waals surface area contributed by atoms with Gasteiger partial charge in [-0.1, -0.05) is 12.1 Å². The molecule has 1 aromatic carbocycles. The van der Waals surface area contributed by atoms with E-state index in [-0.39, 0.29) is 12.0 Å². The third kappa shape index (κ3) is 4.29. The topological polar surface area (TPSA) is 103 Å². The van der Waals surface area contributed by atoms with E-state index < -0.39 is 0 Å². The van der Waals surface area contributed by atoms with Gasteiger partial charge in [-0.3, -0.25) is 4.79 Å². The van der Waals surface area contributed by atoms with Gasteiger partial charge in [-0.15, -0.1) is 0 Å². The second-order valence-corrected chi connectivity index (χ2v) is 7.03. The summed E-state index contributed by atoms with van der Waals surface area (Å²) in [4.78, 5) is 27.5. The molecular formula is C22H23N5O3. The number of methoxy groups -OCH3 is 1. The van der Waals surface area contributed by atoms with Crippen LogP contribution in [0.1, 0.15) is 27.7 Å². The minimum absolute atomic E-state index is 0.0315. The molecule has 1 amide bonds. The quantitative estimate of drug-likeness (QED) is 0.695. The van der Waals surface area contributed by atoms with Crippen molar-refractivity contribution in [2.24, 2.45) is 0 Å². The zero-order valence-electron chi connectivity index (χ0n) is 16.7. The van der Waals surface area contributed by atoms with Crippen LogP contribution in [0, 0.1) is 0 Å². The molecule has 2 N–H and O–H groups in total. The number of amides is 1. The van der Waals surface area contributed by atoms with Gasteiger partial charge in [-0.2, -0.15) is 0 Å². The van der Waals surface area contributed by atoms with Crippen LogP contribution in [-0.4, -0.2) is 52.6 Å². The molecule has 1 aliphatic heterocycles. The molecule has 30 heavy (non-hydrogen) atoms. The fourth-order valence-corrected chi connectivity index (χ4v) is 3.53. The van der Waals surface area contributed by atoms with E-state index in [1.54, 1.807) is 30.5 Å². The van der Waals surface area contributed by atoms with Crippen LogP contribution in [0.4, 0.5) is 5.82 Å². The van der Waals surface area contributed by atoms with Crippen LogP contribution in [0.25, 0.3) is 11.1 Å². The fraction of sp³-hybridized carbons (Fsp3) is 0.273. The SMILES string of the molecule is COCc1ccc(C(=O)N2CCOC(c3ncncc3-c3ccnc(N)c3)C2)cc1. The second-order valence-electron chi connectivity index (χ2n) is 7.03. The molecule has 8 heteroatoms. The Kier molecular flexibility index (Phi) is 5.97. The normalized spacial score (nSPS) is 16.4. The molecule has 1 saturated heterocycles. The van der Waals surface area contributed by atoms with Gasteiger partial charge < -0.3 is 20.1 Å². The molecule has 1 unspecified atom stereocenters. The Morgan fingerprint density at radius 2 is 2.10 bits per heavy atom. The van der Waals surface area contributed by atoms with Crippen molar-refractivity contribution in [3.05, 3.63) is 71.9 Å². The van der Waals surface area contributed by atoms with Crippen molar-refractivity contribution in [3.8, 4) is 11.1 Å². The molecule has 0 aliphatic carbocycles. The van der Waals surface area contributed by atoms with Crippen LogP contribution in [0.3, 0.4) is 0 Å². The van der Waals surface area contributed by atoms with E-state index in [2.05, 4.69) is 15.0 Å². The van der Waals surface area contributed by atoms with E-state index in [0.717, 1.165) is 22.4 Å². The van der Waals surface area contributed by atoms with Crippen molar-refractivity contribution in [3.63, 3.8) is 0 Å². The number of pyridine rings is 1. The summed E-state index contributed by atoms with van der Waals surface area (Å²) in [5.74, 6) is 0.386. The van der Waals surface area contributed by atoms with E-state index in [1.807, 2.05) is 30.3 Å². The molecule has 154 valence electrons. The maximum Gasteiger partial charge on any atom is 0.254 e. The van der Waals surface area contributed by atoms with Crippen molar-refractivity contribution in [2.45, 2.75) is 12.7 Å². The van der Waals surface area contributed by atoms with Crippen LogP contribution < -0.4 is 5.73 Å². The van der Waals surface area contributed by atoms with E-state index >= 15 is 0 Å². The van der Waals surface area contributed by atoms with Gasteiger partial charge in [0, 0.05) is 37.2 Å². The van der Waals surface area contributed by atoms with Crippen LogP contribution in [-0.2, 0) is 16.1 Å². The van der Waals surface area contributed by atoms with Gasteiger partial charge in [0.15, 0.2) is 0 Å². The number of anilines is 1. The maximum absolute atomic E-state index is 13.0. The molecule has 0 spiro atoms. The zero-order chi connectivity index (χ0) is 20.9. The molecule has 2 aromatic heterocycles. The minimum Gasteiger partial charge on any atom is -0.384 e. The van der Waals surface area contributed by atoms with Crippen LogP contribution in [0.5, 0.6) is 0 Å². The molecule has 3 heterocycles. The van der Waals surface area contributed by atoms with Crippen LogP contribution >= 0.6 is 0 Å². The van der Waals surface area contributed by atoms with Gasteiger partial charge in [0.1, 0.15) is 18.2 Å². The smallest absolute Gasteiger partial charge is 0.254 e. The van der Waals surface area contributed by atoms with Crippen LogP contribution in [0.15, 0.2) is 55.1 Å². The summed E-state index contributed by atoms with van der Waals surface area (Å²) in [7, 11) is 1.65. The standard InChI is InChI=1S/C22H23N5O3/c1-29-13-15-2-4-16(5-3-15)22(28)27-8-9-30-19(12-27)21-18(11-24-14-26-21)17-6-7-25-20(23)10-17/h2-7,10-11,14,19H,8-9,12-13H2,1H3,(H2,23,25). The fourth-order valence-electron chi connectivity index (χ4n) is 3.53. The minimum atomic E-state index is -0.358. The number of morpholine rings is 1. The lowest BCUT2D eigenvalue weighted by molar-refractivity contribution is -0.0245. The molecule has 0 radical (unpaired) electrons. The molecule has 1 atom stereocenters. The number of benzene rings is 1. The molecule has 0 saturated carbocycles. The van der Waals surface area contributed by atoms with E-state index in [0.29, 0.717) is 37.7 Å². The van der Waals surface area contributed by atoms with Crippen molar-refractivity contribution in [1.82, 2.24) is 19.9 Å². The zero-order valence-corrected chi connectivity index (χ0v) is 16.7. The highest BCUT2D eigenvalue weighted by Gasteiger charge is 2.29. The molecule has 8 nitrogen and oxygen atoms in total. The Morgan fingerprint density at radius 3 is 2.87 bits per heavy atom. The summed E-state index contributed by atoms with van der Waals surface area (Å²) in [5, 5.41) is 0. The van der Waals surface area contributed by atoms with E-state index in [9.17, 15) is 4.79 Å². The number of aromatic nitrogens is 3. The Morgan fingerprint density at radius 1 is 1.27 bits per heavy atom. The van der Waals surface area contributed by atoms with Crippen molar-refractivity contribution >= 4 is 11.7 Å². The largest absolute Gasteiger partial charge is 0.384 e. The highest BCUT2D eigenvalue weighted by molar-refractivity contribution is 5.94. The third-order valence-electron chi connectivity index (χ3n) is 5.01. The van der Waals surface area contributed by atoms with Crippen LogP contribution in [0.2, 0.25) is 0 Å². The molecule has 1 aliphatic rings. The number of carbonyl (C=O) groups is 1. The number of nitrogens with two attached hydrogens (primary N) is 1. The molecule has 0 bridgehead atoms. The molecule has 3 aromatic rings. The Bertz CT molecular complexity index is 1030. The Hall–Kier alpha value is -3.36. The number of nitrogen functional groups attached to an aromatic ring is 1. The summed E-state index contributed by atoms with van der Waals surface area (Å²) < 4.78 is 11.1. The Balaban J connectivity index is 1.55. The number of ether oxygens (including phenoxy) is 2. The van der Waals surface area contributed by atoms with Gasteiger partial charge in [0.05, 0.1) is 25.5 Å². The number of nitrogens with zero attached hydrogens (tertiary/aromatic N) is 4. The molecule has 4 rings (SSSR count). The third-order valence-corrected chi connectivity index (χ3v) is 5.01. The van der Waals surface area contributed by atoms with Crippen molar-refractivity contribution in [1.29, 1.82) is 0 Å². The molecule has 1 fully saturated rings. The first-order valence-electron chi connectivity index (χ1n) is 9.66. The van der Waals surface area contributed by atoms with E-state index in [1.165, 1.54) is 6.33 Å². The summed E-state index contributed by atoms with van der Waals surface area (Å²) in [6.45, 7) is 1.88. The van der Waals surface area contributed by atoms with Gasteiger partial charge in [-0.05, 0) is 35.4 Å². The second kappa shape index (κ2) is 8.98. The van der Waals surface area contributed by atoms with Gasteiger partial charge in [-0.25, -0.2) is 15.0 Å². The van der Waals surface area contributed by atoms with Crippen molar-refractivity contribution < 1.29 is 14.3 Å². The first kappa shape index (κ1) is 19.9. The van der Waals surface area contributed by atoms with E-state index in [4.69, 9.17) is 15.2 Å². The first-order chi connectivity index (χ1) is 14.7. The van der Waals surface area contributed by atoms with Gasteiger partial charge in [0.25, 0.3) is 5.91 Å². The monoisotopic (exact) mass is 405 g/mol. The highest BCUT2D eigenvalue weighted by Crippen LogP contribution is 2.30. The lowest BCUT2D eigenvalue weighted by atomic mass is 10.0. The highest BCUT2D eigenvalue weighted by atomic mass is 16.5. The van der Waals surface area contributed by atoms with Gasteiger partial charge >= 0.3 is 0 Å². The summed E-state index contributed by atoms with van der Waals surface area (Å²) in [6.07, 6.45) is 4.51. The Labute approximate surface area is 174 Å². The number of rotatable bonds is 5. The lowest BCUT2D eigenvalue weighted by Crippen LogP contribution is -2.42. The number of hydrogen-bond donors (Lipinski definition) is 1. The molecular weight excluding hydrogens is 382 g/mol. The maximum atomic E-state index is 13.0. The number of hydrogen-bond acceptors (Lipinski definition) is 7. The average molecular weight is 405 g/mol. The van der Waals surface area contributed by atoms with Crippen molar-refractivity contribution in [2.75, 3.05) is 32.5 Å². The summed E-state index contributed by atoms with van der Waals surface area (Å²) in [5.41, 5.74) is 9.90. The summed E-state index contributed by atoms with van der Waals surface area (Å²) in [6, 6.07) is 11.1. The first-order valence-corrected chi connectivity index (χ1v) is 9.66. The lowest BCUT2D eigenvalue weighted by Gasteiger charge is -2.33. The predicted octanol–water partition coefficient (Wildman–Crippen LogP) is 2.48.